The number of aromatic carboxylic acids is 1. The van der Waals surface area contributed by atoms with Gasteiger partial charge < -0.3 is 15.5 Å². The van der Waals surface area contributed by atoms with E-state index < -0.39 is 5.97 Å². The standard InChI is InChI=1S/C15H21NO3/c17-14-7-3-12(4-8-14)10-16-9-11-1-5-13(6-2-11)15(18)19/h1-2,5-6,12,14,16-17H,3-4,7-10H2,(H,18,19). The van der Waals surface area contributed by atoms with Gasteiger partial charge in [-0.25, -0.2) is 4.79 Å². The van der Waals surface area contributed by atoms with E-state index in [-0.39, 0.29) is 6.10 Å². The van der Waals surface area contributed by atoms with Gasteiger partial charge in [0.1, 0.15) is 0 Å². The molecular formula is C15H21NO3. The quantitative estimate of drug-likeness (QED) is 0.760. The Bertz CT molecular complexity index is 408. The average Bonchev–Trinajstić information content (AvgIpc) is 2.41. The number of nitrogens with one attached hydrogen (secondary N) is 1. The molecule has 2 rings (SSSR count). The second-order valence-corrected chi connectivity index (χ2v) is 5.31. The SMILES string of the molecule is O=C(O)c1ccc(CNCC2CCC(O)CC2)cc1. The first kappa shape index (κ1) is 14.0. The van der Waals surface area contributed by atoms with Gasteiger partial charge in [-0.15, -0.1) is 0 Å². The molecule has 0 aliphatic heterocycles. The molecule has 0 amide bonds. The molecule has 1 aromatic carbocycles. The summed E-state index contributed by atoms with van der Waals surface area (Å²) in [5.74, 6) is -0.234. The van der Waals surface area contributed by atoms with Crippen LogP contribution >= 0.6 is 0 Å². The van der Waals surface area contributed by atoms with Crippen LogP contribution in [0, 0.1) is 5.92 Å². The molecule has 0 aromatic heterocycles. The molecule has 3 N–H and O–H groups in total. The third-order valence-corrected chi connectivity index (χ3v) is 3.78. The Morgan fingerprint density at radius 3 is 2.37 bits per heavy atom. The van der Waals surface area contributed by atoms with Crippen LogP contribution in [-0.4, -0.2) is 28.8 Å². The Balaban J connectivity index is 1.72. The first-order chi connectivity index (χ1) is 9.15. The maximum absolute atomic E-state index is 10.7. The summed E-state index contributed by atoms with van der Waals surface area (Å²) in [6.07, 6.45) is 3.91. The van der Waals surface area contributed by atoms with Gasteiger partial charge in [-0.05, 0) is 55.8 Å². The van der Waals surface area contributed by atoms with Crippen LogP contribution < -0.4 is 5.32 Å². The largest absolute Gasteiger partial charge is 0.478 e. The van der Waals surface area contributed by atoms with Crippen LogP contribution in [0.3, 0.4) is 0 Å². The number of carboxylic acid groups (broad SMARTS) is 1. The van der Waals surface area contributed by atoms with Crippen LogP contribution in [0.25, 0.3) is 0 Å². The van der Waals surface area contributed by atoms with Crippen molar-refractivity contribution in [3.8, 4) is 0 Å². The lowest BCUT2D eigenvalue weighted by Crippen LogP contribution is -2.27. The molecule has 0 saturated heterocycles. The molecule has 0 bridgehead atoms. The minimum absolute atomic E-state index is 0.0974. The molecule has 0 atom stereocenters. The van der Waals surface area contributed by atoms with Crippen LogP contribution in [0.1, 0.15) is 41.6 Å². The average molecular weight is 263 g/mol. The van der Waals surface area contributed by atoms with Crippen molar-refractivity contribution in [1.82, 2.24) is 5.32 Å². The van der Waals surface area contributed by atoms with E-state index in [4.69, 9.17) is 5.11 Å². The number of hydrogen-bond donors (Lipinski definition) is 3. The number of aliphatic hydroxyl groups excluding tert-OH is 1. The lowest BCUT2D eigenvalue weighted by Gasteiger charge is -2.25. The van der Waals surface area contributed by atoms with Gasteiger partial charge in [0.05, 0.1) is 11.7 Å². The lowest BCUT2D eigenvalue weighted by atomic mass is 9.87. The molecule has 1 fully saturated rings. The Labute approximate surface area is 113 Å². The van der Waals surface area contributed by atoms with Gasteiger partial charge in [0.2, 0.25) is 0 Å². The lowest BCUT2D eigenvalue weighted by molar-refractivity contribution is 0.0697. The van der Waals surface area contributed by atoms with Crippen LogP contribution in [-0.2, 0) is 6.54 Å². The van der Waals surface area contributed by atoms with E-state index in [9.17, 15) is 9.90 Å². The van der Waals surface area contributed by atoms with Crippen molar-refractivity contribution in [1.29, 1.82) is 0 Å². The second kappa shape index (κ2) is 6.68. The first-order valence-electron chi connectivity index (χ1n) is 6.86. The molecule has 0 radical (unpaired) electrons. The molecular weight excluding hydrogens is 242 g/mol. The monoisotopic (exact) mass is 263 g/mol. The Morgan fingerprint density at radius 2 is 1.79 bits per heavy atom. The van der Waals surface area contributed by atoms with Crippen molar-refractivity contribution in [2.45, 2.75) is 38.3 Å². The highest BCUT2D eigenvalue weighted by Crippen LogP contribution is 2.23. The summed E-state index contributed by atoms with van der Waals surface area (Å²) in [5.41, 5.74) is 1.42. The molecule has 0 heterocycles. The van der Waals surface area contributed by atoms with Crippen LogP contribution in [0.15, 0.2) is 24.3 Å². The summed E-state index contributed by atoms with van der Waals surface area (Å²) in [6.45, 7) is 1.73. The van der Waals surface area contributed by atoms with Crippen LogP contribution in [0.5, 0.6) is 0 Å². The Hall–Kier alpha value is -1.39. The van der Waals surface area contributed by atoms with Gasteiger partial charge >= 0.3 is 5.97 Å². The van der Waals surface area contributed by atoms with Crippen molar-refractivity contribution >= 4 is 5.97 Å². The fraction of sp³-hybridized carbons (Fsp3) is 0.533. The third kappa shape index (κ3) is 4.33. The molecule has 0 unspecified atom stereocenters. The van der Waals surface area contributed by atoms with E-state index in [0.717, 1.165) is 44.3 Å². The molecule has 1 saturated carbocycles. The van der Waals surface area contributed by atoms with Gasteiger partial charge in [-0.2, -0.15) is 0 Å². The summed E-state index contributed by atoms with van der Waals surface area (Å²) in [6, 6.07) is 6.97. The molecule has 4 nitrogen and oxygen atoms in total. The zero-order valence-electron chi connectivity index (χ0n) is 11.0. The number of carbonyl (C=O) groups is 1. The normalized spacial score (nSPS) is 23.2. The second-order valence-electron chi connectivity index (χ2n) is 5.31. The van der Waals surface area contributed by atoms with Crippen molar-refractivity contribution < 1.29 is 15.0 Å². The van der Waals surface area contributed by atoms with Crippen LogP contribution in [0.4, 0.5) is 0 Å². The van der Waals surface area contributed by atoms with Crippen molar-refractivity contribution in [2.24, 2.45) is 5.92 Å². The first-order valence-corrected chi connectivity index (χ1v) is 6.86. The molecule has 1 aromatic rings. The number of hydrogen-bond acceptors (Lipinski definition) is 3. The number of aliphatic hydroxyl groups is 1. The summed E-state index contributed by atoms with van der Waals surface area (Å²) in [5, 5.41) is 21.6. The highest BCUT2D eigenvalue weighted by molar-refractivity contribution is 5.87. The highest BCUT2D eigenvalue weighted by Gasteiger charge is 2.18. The van der Waals surface area contributed by atoms with Crippen molar-refractivity contribution in [3.05, 3.63) is 35.4 Å². The third-order valence-electron chi connectivity index (χ3n) is 3.78. The predicted molar refractivity (Wildman–Crippen MR) is 73.1 cm³/mol. The molecule has 0 spiro atoms. The summed E-state index contributed by atoms with van der Waals surface area (Å²) < 4.78 is 0. The fourth-order valence-corrected chi connectivity index (χ4v) is 2.53. The Kier molecular flexibility index (Phi) is 4.93. The minimum Gasteiger partial charge on any atom is -0.478 e. The zero-order valence-corrected chi connectivity index (χ0v) is 11.0. The van der Waals surface area contributed by atoms with E-state index in [2.05, 4.69) is 5.32 Å². The van der Waals surface area contributed by atoms with Crippen LogP contribution in [0.2, 0.25) is 0 Å². The molecule has 1 aliphatic carbocycles. The zero-order chi connectivity index (χ0) is 13.7. The van der Waals surface area contributed by atoms with E-state index in [1.165, 1.54) is 0 Å². The fourth-order valence-electron chi connectivity index (χ4n) is 2.53. The topological polar surface area (TPSA) is 69.6 Å². The van der Waals surface area contributed by atoms with E-state index >= 15 is 0 Å². The van der Waals surface area contributed by atoms with E-state index in [1.54, 1.807) is 12.1 Å². The molecule has 104 valence electrons. The van der Waals surface area contributed by atoms with Gasteiger partial charge in [-0.1, -0.05) is 12.1 Å². The van der Waals surface area contributed by atoms with Gasteiger partial charge in [0.15, 0.2) is 0 Å². The van der Waals surface area contributed by atoms with Gasteiger partial charge in [-0.3, -0.25) is 0 Å². The summed E-state index contributed by atoms with van der Waals surface area (Å²) >= 11 is 0. The predicted octanol–water partition coefficient (Wildman–Crippen LogP) is 2.03. The Morgan fingerprint density at radius 1 is 1.16 bits per heavy atom. The van der Waals surface area contributed by atoms with Crippen molar-refractivity contribution in [2.75, 3.05) is 6.54 Å². The molecule has 1 aliphatic rings. The van der Waals surface area contributed by atoms with Gasteiger partial charge in [0.25, 0.3) is 0 Å². The maximum Gasteiger partial charge on any atom is 0.335 e. The summed E-state index contributed by atoms with van der Waals surface area (Å²) in [7, 11) is 0. The van der Waals surface area contributed by atoms with E-state index in [0.29, 0.717) is 11.5 Å². The number of rotatable bonds is 5. The minimum atomic E-state index is -0.889. The number of benzene rings is 1. The maximum atomic E-state index is 10.7. The van der Waals surface area contributed by atoms with E-state index in [1.807, 2.05) is 12.1 Å². The highest BCUT2D eigenvalue weighted by atomic mass is 16.4. The number of carboxylic acids is 1. The smallest absolute Gasteiger partial charge is 0.335 e. The van der Waals surface area contributed by atoms with Crippen molar-refractivity contribution in [3.63, 3.8) is 0 Å². The molecule has 4 heteroatoms. The van der Waals surface area contributed by atoms with Gasteiger partial charge in [0, 0.05) is 6.54 Å². The molecule has 19 heavy (non-hydrogen) atoms. The summed E-state index contributed by atoms with van der Waals surface area (Å²) in [4.78, 5) is 10.7.